The predicted molar refractivity (Wildman–Crippen MR) is 298 cm³/mol. The Bertz CT molecular complexity index is 2600. The Morgan fingerprint density at radius 1 is 0.707 bits per heavy atom. The fraction of sp³-hybridized carbons (Fsp3) is 0.636. The second kappa shape index (κ2) is 29.9. The Kier molecular flexibility index (Phi) is 23.1. The number of aliphatic imine (C=N–C) groups is 1. The van der Waals surface area contributed by atoms with E-state index in [0.29, 0.717) is 44.3 Å². The van der Waals surface area contributed by atoms with Crippen molar-refractivity contribution >= 4 is 65.1 Å². The Balaban J connectivity index is 1.13. The summed E-state index contributed by atoms with van der Waals surface area (Å²) in [6.45, 7) is 5.43. The number of aliphatic hydroxyl groups is 1. The predicted octanol–water partition coefficient (Wildman–Crippen LogP) is -2.07. The molecule has 0 spiro atoms. The van der Waals surface area contributed by atoms with E-state index in [1.807, 2.05) is 20.8 Å². The highest BCUT2D eigenvalue weighted by molar-refractivity contribution is 6.01. The van der Waals surface area contributed by atoms with Gasteiger partial charge in [-0.3, -0.25) is 48.1 Å². The van der Waals surface area contributed by atoms with E-state index in [9.17, 15) is 58.2 Å². The summed E-state index contributed by atoms with van der Waals surface area (Å²) in [6.07, 6.45) is 7.64. The first kappa shape index (κ1) is 63.5. The summed E-state index contributed by atoms with van der Waals surface area (Å²) >= 11 is 0. The molecule has 1 aromatic carbocycles. The highest BCUT2D eigenvalue weighted by atomic mass is 16.4. The minimum atomic E-state index is -1.69. The van der Waals surface area contributed by atoms with Crippen LogP contribution < -0.4 is 49.1 Å². The fourth-order valence-electron chi connectivity index (χ4n) is 10.8. The van der Waals surface area contributed by atoms with Crippen LogP contribution in [0.15, 0.2) is 47.8 Å². The third-order valence-corrected chi connectivity index (χ3v) is 15.4. The third kappa shape index (κ3) is 17.2. The van der Waals surface area contributed by atoms with Crippen LogP contribution in [0.5, 0.6) is 0 Å². The maximum absolute atomic E-state index is 14.5. The van der Waals surface area contributed by atoms with Gasteiger partial charge in [-0.15, -0.1) is 0 Å². The number of benzene rings is 1. The number of hydrogen-bond donors (Lipinski definition) is 12. The average molecular weight is 1150 g/mol. The van der Waals surface area contributed by atoms with Crippen LogP contribution in [0.4, 0.5) is 0 Å². The smallest absolute Gasteiger partial charge is 0.326 e. The second-order valence-electron chi connectivity index (χ2n) is 22.2. The molecule has 9 atom stereocenters. The summed E-state index contributed by atoms with van der Waals surface area (Å²) in [5.74, 6) is -7.57. The number of aromatic amines is 1. The number of nitrogens with two attached hydrogens (primary N) is 3. The van der Waals surface area contributed by atoms with Crippen molar-refractivity contribution in [2.45, 2.75) is 183 Å². The summed E-state index contributed by atoms with van der Waals surface area (Å²) in [5.41, 5.74) is 16.9. The van der Waals surface area contributed by atoms with Crippen LogP contribution >= 0.6 is 0 Å². The van der Waals surface area contributed by atoms with Gasteiger partial charge in [0.15, 0.2) is 5.96 Å². The molecular formula is C55H83N15O12. The molecule has 1 aromatic heterocycles. The van der Waals surface area contributed by atoms with Crippen molar-refractivity contribution in [1.82, 2.24) is 56.6 Å². The van der Waals surface area contributed by atoms with E-state index in [1.54, 1.807) is 30.3 Å². The topological polar surface area (TPSA) is 412 Å². The quantitative estimate of drug-likeness (QED) is 0.0227. The molecule has 4 fully saturated rings. The summed E-state index contributed by atoms with van der Waals surface area (Å²) in [6, 6.07) is -1.59. The lowest BCUT2D eigenvalue weighted by atomic mass is 10.0. The van der Waals surface area contributed by atoms with Gasteiger partial charge in [0.1, 0.15) is 53.9 Å². The number of guanidine groups is 1. The molecular weight excluding hydrogens is 1060 g/mol. The largest absolute Gasteiger partial charge is 0.480 e. The van der Waals surface area contributed by atoms with Crippen molar-refractivity contribution in [3.63, 3.8) is 0 Å². The minimum Gasteiger partial charge on any atom is -0.480 e. The van der Waals surface area contributed by atoms with E-state index < -0.39 is 120 Å². The van der Waals surface area contributed by atoms with Crippen molar-refractivity contribution < 1.29 is 58.2 Å². The maximum Gasteiger partial charge on any atom is 0.326 e. The number of aliphatic carboxylic acids is 1. The number of carbonyl (C=O) groups is 10. The first-order valence-corrected chi connectivity index (χ1v) is 28.6. The number of carbonyl (C=O) groups excluding carboxylic acids is 9. The van der Waals surface area contributed by atoms with Gasteiger partial charge in [0, 0.05) is 50.9 Å². The van der Waals surface area contributed by atoms with Gasteiger partial charge in [0.05, 0.1) is 19.0 Å². The van der Waals surface area contributed by atoms with Gasteiger partial charge in [0.25, 0.3) is 0 Å². The highest BCUT2D eigenvalue weighted by Gasteiger charge is 2.56. The molecule has 450 valence electrons. The number of imidazole rings is 1. The van der Waals surface area contributed by atoms with Gasteiger partial charge in [-0.25, -0.2) is 9.78 Å². The maximum atomic E-state index is 14.5. The SMILES string of the molecule is CCCC[C@H](N)C(=O)N1CCC[C@H]1C(=O)N[C@@H](CC(C)C)C(=O)N[C@@H](Cc1cnc[nH]1)C(=O)N[C@@H](CO)C(=O)N[C@@H](CCCN=C(N)N)C(=O)NC1(C(=O)N2CCC[C@H]2C(=O)N[C@@H](Cc2ccccc2)C(=O)N2CCC[C@H]2C(=O)O)CC1. The van der Waals surface area contributed by atoms with E-state index in [-0.39, 0.29) is 95.2 Å². The van der Waals surface area contributed by atoms with Crippen LogP contribution in [0.3, 0.4) is 0 Å². The number of aliphatic hydroxyl groups excluding tert-OH is 1. The number of H-pyrrole nitrogens is 1. The molecule has 6 rings (SSSR count). The van der Waals surface area contributed by atoms with Crippen LogP contribution in [-0.2, 0) is 60.8 Å². The van der Waals surface area contributed by atoms with Gasteiger partial charge in [-0.05, 0) is 88.5 Å². The molecule has 15 N–H and O–H groups in total. The lowest BCUT2D eigenvalue weighted by Crippen LogP contribution is -2.61. The van der Waals surface area contributed by atoms with E-state index in [2.05, 4.69) is 46.9 Å². The number of unbranched alkanes of at least 4 members (excludes halogenated alkanes) is 1. The molecule has 2 aromatic rings. The number of rotatable bonds is 30. The minimum absolute atomic E-state index is 0.0385. The van der Waals surface area contributed by atoms with Crippen LogP contribution in [-0.4, -0.2) is 193 Å². The number of nitrogens with zero attached hydrogens (tertiary/aromatic N) is 5. The number of hydrogen-bond acceptors (Lipinski definition) is 14. The molecule has 27 heteroatoms. The van der Waals surface area contributed by atoms with Crippen molar-refractivity contribution in [1.29, 1.82) is 0 Å². The Morgan fingerprint density at radius 2 is 1.28 bits per heavy atom. The number of likely N-dealkylation sites (tertiary alicyclic amines) is 3. The van der Waals surface area contributed by atoms with E-state index in [1.165, 1.54) is 27.2 Å². The van der Waals surface area contributed by atoms with E-state index in [4.69, 9.17) is 17.2 Å². The van der Waals surface area contributed by atoms with Crippen LogP contribution in [0.2, 0.25) is 0 Å². The third-order valence-electron chi connectivity index (χ3n) is 15.4. The fourth-order valence-corrected chi connectivity index (χ4v) is 10.8. The zero-order chi connectivity index (χ0) is 59.7. The number of aromatic nitrogens is 2. The van der Waals surface area contributed by atoms with Gasteiger partial charge in [-0.1, -0.05) is 63.9 Å². The van der Waals surface area contributed by atoms with Gasteiger partial charge < -0.3 is 79.0 Å². The van der Waals surface area contributed by atoms with Crippen molar-refractivity contribution in [3.8, 4) is 0 Å². The Hall–Kier alpha value is -7.68. The van der Waals surface area contributed by atoms with Gasteiger partial charge >= 0.3 is 5.97 Å². The summed E-state index contributed by atoms with van der Waals surface area (Å²) < 4.78 is 0. The summed E-state index contributed by atoms with van der Waals surface area (Å²) in [7, 11) is 0. The molecule has 0 bridgehead atoms. The highest BCUT2D eigenvalue weighted by Crippen LogP contribution is 2.39. The Morgan fingerprint density at radius 3 is 1.87 bits per heavy atom. The number of nitrogens with one attached hydrogen (secondary N) is 7. The standard InChI is InChI=1S/C55H83N15O12/c1-4-5-15-35(56)50(78)68-23-10-17-41(68)48(76)64-37(26-32(2)3)44(72)63-38(28-34-29-59-31-61-34)45(73)66-40(30-71)46(74)62-36(16-9-22-60-54(57)58)47(75)67-55(20-21-55)53(82)70-25-11-18-42(70)49(77)65-39(27-33-13-7-6-8-14-33)51(79)69-24-12-19-43(69)52(80)81/h6-8,13-14,29,31-32,35-43,71H,4-5,9-12,15-28,30,56H2,1-3H3,(H,59,61)(H,62,74)(H,63,72)(H,64,76)(H,65,77)(H,66,73)(H,67,75)(H,80,81)(H4,57,58,60)/t35-,36-,37-,38-,39-,40-,41-,42-,43-/m0/s1. The van der Waals surface area contributed by atoms with E-state index >= 15 is 0 Å². The van der Waals surface area contributed by atoms with Crippen LogP contribution in [0.25, 0.3) is 0 Å². The molecule has 3 aliphatic heterocycles. The second-order valence-corrected chi connectivity index (χ2v) is 22.2. The Labute approximate surface area is 476 Å². The summed E-state index contributed by atoms with van der Waals surface area (Å²) in [5, 5.41) is 36.6. The zero-order valence-corrected chi connectivity index (χ0v) is 47.1. The molecule has 1 saturated carbocycles. The average Bonchev–Trinajstić information content (AvgIpc) is 4.29. The number of amides is 9. The molecule has 4 heterocycles. The molecule has 9 amide bonds. The summed E-state index contributed by atoms with van der Waals surface area (Å²) in [4.78, 5) is 154. The lowest BCUT2D eigenvalue weighted by molar-refractivity contribution is -0.150. The molecule has 82 heavy (non-hydrogen) atoms. The van der Waals surface area contributed by atoms with E-state index in [0.717, 1.165) is 18.4 Å². The molecule has 3 saturated heterocycles. The van der Waals surface area contributed by atoms with Crippen LogP contribution in [0, 0.1) is 5.92 Å². The normalized spacial score (nSPS) is 20.3. The van der Waals surface area contributed by atoms with Crippen molar-refractivity contribution in [2.75, 3.05) is 32.8 Å². The molecule has 27 nitrogen and oxygen atoms in total. The van der Waals surface area contributed by atoms with Crippen molar-refractivity contribution in [2.24, 2.45) is 28.1 Å². The molecule has 1 aliphatic carbocycles. The van der Waals surface area contributed by atoms with Gasteiger partial charge in [0.2, 0.25) is 53.2 Å². The lowest BCUT2D eigenvalue weighted by Gasteiger charge is -2.32. The first-order chi connectivity index (χ1) is 39.2. The first-order valence-electron chi connectivity index (χ1n) is 28.6. The van der Waals surface area contributed by atoms with Crippen molar-refractivity contribution in [3.05, 3.63) is 54.1 Å². The zero-order valence-electron chi connectivity index (χ0n) is 47.1. The number of carboxylic acid groups (broad SMARTS) is 1. The number of carboxylic acids is 1. The monoisotopic (exact) mass is 1150 g/mol. The molecule has 0 radical (unpaired) electrons. The van der Waals surface area contributed by atoms with Gasteiger partial charge in [-0.2, -0.15) is 0 Å². The van der Waals surface area contributed by atoms with Crippen LogP contribution in [0.1, 0.15) is 122 Å². The molecule has 0 unspecified atom stereocenters. The molecule has 4 aliphatic rings.